The molecule has 192 valence electrons. The van der Waals surface area contributed by atoms with Crippen LogP contribution >= 0.6 is 0 Å². The molecule has 1 amide bonds. The van der Waals surface area contributed by atoms with Crippen LogP contribution in [-0.4, -0.2) is 29.6 Å². The van der Waals surface area contributed by atoms with E-state index in [0.29, 0.717) is 28.8 Å². The molecule has 3 rings (SSSR count). The zero-order valence-corrected chi connectivity index (χ0v) is 20.5. The number of amides is 1. The van der Waals surface area contributed by atoms with Gasteiger partial charge in [-0.05, 0) is 71.5 Å². The van der Waals surface area contributed by atoms with Gasteiger partial charge in [-0.1, -0.05) is 38.1 Å². The summed E-state index contributed by atoms with van der Waals surface area (Å²) in [6.45, 7) is 5.39. The van der Waals surface area contributed by atoms with Gasteiger partial charge in [-0.15, -0.1) is 0 Å². The van der Waals surface area contributed by atoms with E-state index in [4.69, 9.17) is 4.74 Å². The number of hydrogen-bond acceptors (Lipinski definition) is 3. The average molecular weight is 504 g/mol. The molecule has 3 aromatic carbocycles. The molecule has 0 radical (unpaired) electrons. The molecule has 0 bridgehead atoms. The lowest BCUT2D eigenvalue weighted by atomic mass is 9.92. The van der Waals surface area contributed by atoms with Crippen LogP contribution in [0.3, 0.4) is 0 Å². The van der Waals surface area contributed by atoms with Crippen LogP contribution in [0.1, 0.15) is 55.0 Å². The Hall–Kier alpha value is -3.39. The molecule has 0 aromatic heterocycles. The zero-order chi connectivity index (χ0) is 26.6. The standard InChI is InChI=1S/C28H29F4NO3/c1-17(2)20-7-12-26(36-4)25(14-20)24-11-8-22(28(30,31)32)13-21(24)15-33(16-34)18(3)27(35)19-5-9-23(29)10-6-19/h5-14,16-18,27,35H,15H2,1-4H3/t18-,27-/m0/s1. The van der Waals surface area contributed by atoms with Crippen LogP contribution in [0.15, 0.2) is 60.7 Å². The summed E-state index contributed by atoms with van der Waals surface area (Å²) in [5, 5.41) is 10.8. The molecule has 0 aliphatic heterocycles. The van der Waals surface area contributed by atoms with E-state index in [-0.39, 0.29) is 18.0 Å². The Morgan fingerprint density at radius 1 is 0.944 bits per heavy atom. The summed E-state index contributed by atoms with van der Waals surface area (Å²) in [5.74, 6) is 0.180. The van der Waals surface area contributed by atoms with Crippen LogP contribution in [0.2, 0.25) is 0 Å². The molecule has 0 fully saturated rings. The molecule has 2 atom stereocenters. The van der Waals surface area contributed by atoms with Crippen LogP contribution in [0.4, 0.5) is 17.6 Å². The first kappa shape index (κ1) is 27.2. The molecule has 4 nitrogen and oxygen atoms in total. The first-order valence-electron chi connectivity index (χ1n) is 11.5. The van der Waals surface area contributed by atoms with Crippen molar-refractivity contribution in [3.63, 3.8) is 0 Å². The smallest absolute Gasteiger partial charge is 0.416 e. The van der Waals surface area contributed by atoms with Crippen molar-refractivity contribution in [1.82, 2.24) is 4.90 Å². The molecule has 0 saturated heterocycles. The second kappa shape index (κ2) is 11.1. The van der Waals surface area contributed by atoms with Crippen LogP contribution in [0.25, 0.3) is 11.1 Å². The number of aliphatic hydroxyl groups excluding tert-OH is 1. The number of hydrogen-bond donors (Lipinski definition) is 1. The number of benzene rings is 3. The minimum absolute atomic E-state index is 0.171. The third kappa shape index (κ3) is 6.05. The van der Waals surface area contributed by atoms with E-state index >= 15 is 0 Å². The van der Waals surface area contributed by atoms with Crippen LogP contribution in [-0.2, 0) is 17.5 Å². The molecule has 3 aromatic rings. The van der Waals surface area contributed by atoms with Gasteiger partial charge in [0.1, 0.15) is 11.6 Å². The van der Waals surface area contributed by atoms with Crippen LogP contribution < -0.4 is 4.74 Å². The van der Waals surface area contributed by atoms with E-state index in [1.165, 1.54) is 42.3 Å². The summed E-state index contributed by atoms with van der Waals surface area (Å²) in [6, 6.07) is 13.3. The second-order valence-corrected chi connectivity index (χ2v) is 9.00. The highest BCUT2D eigenvalue weighted by atomic mass is 19.4. The maximum atomic E-state index is 13.6. The summed E-state index contributed by atoms with van der Waals surface area (Å²) >= 11 is 0. The lowest BCUT2D eigenvalue weighted by Gasteiger charge is -2.30. The Balaban J connectivity index is 2.08. The fourth-order valence-corrected chi connectivity index (χ4v) is 4.05. The quantitative estimate of drug-likeness (QED) is 0.260. The summed E-state index contributed by atoms with van der Waals surface area (Å²) in [6.07, 6.45) is -5.27. The van der Waals surface area contributed by atoms with Crippen molar-refractivity contribution in [2.45, 2.75) is 51.6 Å². The van der Waals surface area contributed by atoms with E-state index in [1.54, 1.807) is 13.0 Å². The molecule has 0 aliphatic rings. The van der Waals surface area contributed by atoms with E-state index in [9.17, 15) is 27.5 Å². The highest BCUT2D eigenvalue weighted by molar-refractivity contribution is 5.75. The van der Waals surface area contributed by atoms with Crippen molar-refractivity contribution in [3.8, 4) is 16.9 Å². The third-order valence-corrected chi connectivity index (χ3v) is 6.29. The van der Waals surface area contributed by atoms with Gasteiger partial charge in [-0.2, -0.15) is 13.2 Å². The van der Waals surface area contributed by atoms with Gasteiger partial charge in [0.2, 0.25) is 6.41 Å². The number of rotatable bonds is 9. The lowest BCUT2D eigenvalue weighted by molar-refractivity contribution is -0.137. The van der Waals surface area contributed by atoms with Crippen molar-refractivity contribution in [2.24, 2.45) is 0 Å². The van der Waals surface area contributed by atoms with Gasteiger partial charge in [-0.3, -0.25) is 4.79 Å². The zero-order valence-electron chi connectivity index (χ0n) is 20.5. The minimum Gasteiger partial charge on any atom is -0.496 e. The predicted octanol–water partition coefficient (Wildman–Crippen LogP) is 6.72. The molecule has 36 heavy (non-hydrogen) atoms. The number of halogens is 4. The van der Waals surface area contributed by atoms with E-state index in [2.05, 4.69) is 0 Å². The van der Waals surface area contributed by atoms with Gasteiger partial charge in [0, 0.05) is 12.1 Å². The van der Waals surface area contributed by atoms with E-state index in [1.807, 2.05) is 26.0 Å². The SMILES string of the molecule is COc1ccc(C(C)C)cc1-c1ccc(C(F)(F)F)cc1CN(C=O)[C@@H](C)[C@H](O)c1ccc(F)cc1. The maximum Gasteiger partial charge on any atom is 0.416 e. The number of nitrogens with zero attached hydrogens (tertiary/aromatic N) is 1. The van der Waals surface area contributed by atoms with Gasteiger partial charge >= 0.3 is 6.18 Å². The number of carbonyl (C=O) groups is 1. The van der Waals surface area contributed by atoms with Gasteiger partial charge < -0.3 is 14.7 Å². The predicted molar refractivity (Wildman–Crippen MR) is 130 cm³/mol. The fraction of sp³-hybridized carbons (Fsp3) is 0.321. The van der Waals surface area contributed by atoms with E-state index < -0.39 is 29.7 Å². The fourth-order valence-electron chi connectivity index (χ4n) is 4.05. The Bertz CT molecular complexity index is 1190. The highest BCUT2D eigenvalue weighted by Crippen LogP contribution is 2.39. The van der Waals surface area contributed by atoms with Gasteiger partial charge in [-0.25, -0.2) is 4.39 Å². The number of aliphatic hydroxyl groups is 1. The monoisotopic (exact) mass is 503 g/mol. The minimum atomic E-state index is -4.58. The number of ether oxygens (including phenoxy) is 1. The van der Waals surface area contributed by atoms with Gasteiger partial charge in [0.25, 0.3) is 0 Å². The first-order valence-corrected chi connectivity index (χ1v) is 11.5. The van der Waals surface area contributed by atoms with Crippen molar-refractivity contribution >= 4 is 6.41 Å². The highest BCUT2D eigenvalue weighted by Gasteiger charge is 2.32. The Morgan fingerprint density at radius 2 is 1.58 bits per heavy atom. The molecule has 0 spiro atoms. The molecular weight excluding hydrogens is 474 g/mol. The summed E-state index contributed by atoms with van der Waals surface area (Å²) in [4.78, 5) is 13.3. The van der Waals surface area contributed by atoms with Gasteiger partial charge in [0.05, 0.1) is 24.8 Å². The Kier molecular flexibility index (Phi) is 8.40. The van der Waals surface area contributed by atoms with Gasteiger partial charge in [0.15, 0.2) is 0 Å². The molecule has 0 unspecified atom stereocenters. The average Bonchev–Trinajstić information content (AvgIpc) is 2.85. The molecule has 0 heterocycles. The maximum absolute atomic E-state index is 13.6. The van der Waals surface area contributed by atoms with Crippen molar-refractivity contribution in [2.75, 3.05) is 7.11 Å². The summed E-state index contributed by atoms with van der Waals surface area (Å²) < 4.78 is 59.6. The Morgan fingerprint density at radius 3 is 2.14 bits per heavy atom. The molecule has 0 aliphatic carbocycles. The Labute approximate surface area is 208 Å². The second-order valence-electron chi connectivity index (χ2n) is 9.00. The summed E-state index contributed by atoms with van der Waals surface area (Å²) in [5.41, 5.74) is 1.84. The van der Waals surface area contributed by atoms with Crippen LogP contribution in [0.5, 0.6) is 5.75 Å². The lowest BCUT2D eigenvalue weighted by Crippen LogP contribution is -2.36. The normalized spacial score (nSPS) is 13.4. The molecule has 1 N–H and O–H groups in total. The topological polar surface area (TPSA) is 49.8 Å². The summed E-state index contributed by atoms with van der Waals surface area (Å²) in [7, 11) is 1.48. The number of alkyl halides is 3. The number of carbonyl (C=O) groups excluding carboxylic acids is 1. The third-order valence-electron chi connectivity index (χ3n) is 6.29. The van der Waals surface area contributed by atoms with Crippen molar-refractivity contribution in [3.05, 3.63) is 88.7 Å². The first-order chi connectivity index (χ1) is 17.0. The largest absolute Gasteiger partial charge is 0.496 e. The molecule has 8 heteroatoms. The van der Waals surface area contributed by atoms with Crippen molar-refractivity contribution < 1.29 is 32.2 Å². The van der Waals surface area contributed by atoms with Crippen molar-refractivity contribution in [1.29, 1.82) is 0 Å². The molecule has 0 saturated carbocycles. The number of methoxy groups -OCH3 is 1. The van der Waals surface area contributed by atoms with Crippen LogP contribution in [0, 0.1) is 5.82 Å². The van der Waals surface area contributed by atoms with E-state index in [0.717, 1.165) is 17.7 Å². The molecular formula is C28H29F4NO3.